The summed E-state index contributed by atoms with van der Waals surface area (Å²) in [5.41, 5.74) is 0.877. The van der Waals surface area contributed by atoms with Crippen molar-refractivity contribution in [2.45, 2.75) is 46.1 Å². The van der Waals surface area contributed by atoms with Gasteiger partial charge in [-0.3, -0.25) is 19.2 Å². The van der Waals surface area contributed by atoms with Crippen molar-refractivity contribution in [2.75, 3.05) is 31.6 Å². The molecule has 3 rings (SSSR count). The average Bonchev–Trinajstić information content (AvgIpc) is 3.30. The van der Waals surface area contributed by atoms with Gasteiger partial charge in [0.15, 0.2) is 5.13 Å². The molecule has 2 aromatic rings. The number of carbonyl (C=O) groups excluding carboxylic acids is 4. The molecule has 3 amide bonds. The molecule has 1 aliphatic heterocycles. The molecule has 37 heavy (non-hydrogen) atoms. The molecular formula is C25H30Cl2N4O5S. The highest BCUT2D eigenvalue weighted by molar-refractivity contribution is 7.13. The molecule has 12 heteroatoms. The Balaban J connectivity index is 1.53. The van der Waals surface area contributed by atoms with Crippen LogP contribution >= 0.6 is 34.5 Å². The number of carbonyl (C=O) groups is 4. The van der Waals surface area contributed by atoms with E-state index in [-0.39, 0.29) is 47.7 Å². The number of aromatic nitrogens is 1. The Hall–Kier alpha value is -2.69. The molecule has 1 fully saturated rings. The summed E-state index contributed by atoms with van der Waals surface area (Å²) in [6, 6.07) is 4.33. The third-order valence-electron chi connectivity index (χ3n) is 5.96. The molecule has 1 aliphatic rings. The number of thiazole rings is 1. The van der Waals surface area contributed by atoms with Gasteiger partial charge >= 0.3 is 5.97 Å². The third-order valence-corrected chi connectivity index (χ3v) is 7.51. The fraction of sp³-hybridized carbons (Fsp3) is 0.480. The highest BCUT2D eigenvalue weighted by atomic mass is 35.5. The molecule has 9 nitrogen and oxygen atoms in total. The largest absolute Gasteiger partial charge is 0.466 e. The van der Waals surface area contributed by atoms with Crippen LogP contribution in [-0.2, 0) is 25.5 Å². The van der Waals surface area contributed by atoms with Crippen molar-refractivity contribution < 1.29 is 23.9 Å². The fourth-order valence-corrected chi connectivity index (χ4v) is 4.96. The summed E-state index contributed by atoms with van der Waals surface area (Å²) < 4.78 is 5.07. The first-order chi connectivity index (χ1) is 17.6. The van der Waals surface area contributed by atoms with Crippen LogP contribution in [0.4, 0.5) is 5.13 Å². The van der Waals surface area contributed by atoms with Crippen molar-refractivity contribution in [3.05, 3.63) is 44.9 Å². The number of benzene rings is 1. The maximum atomic E-state index is 13.0. The van der Waals surface area contributed by atoms with Crippen LogP contribution in [0.5, 0.6) is 0 Å². The van der Waals surface area contributed by atoms with Crippen molar-refractivity contribution in [1.29, 1.82) is 0 Å². The van der Waals surface area contributed by atoms with E-state index in [1.165, 1.54) is 28.4 Å². The van der Waals surface area contributed by atoms with Gasteiger partial charge in [0.25, 0.3) is 5.91 Å². The van der Waals surface area contributed by atoms with Gasteiger partial charge in [0.2, 0.25) is 11.8 Å². The second kappa shape index (κ2) is 13.2. The Morgan fingerprint density at radius 3 is 2.51 bits per heavy atom. The lowest BCUT2D eigenvalue weighted by molar-refractivity contribution is -0.151. The number of hydrogen-bond acceptors (Lipinski definition) is 7. The van der Waals surface area contributed by atoms with E-state index in [1.807, 2.05) is 13.8 Å². The number of rotatable bonds is 9. The normalized spacial score (nSPS) is 13.9. The van der Waals surface area contributed by atoms with E-state index in [0.29, 0.717) is 53.9 Å². The van der Waals surface area contributed by atoms with Crippen molar-refractivity contribution in [2.24, 2.45) is 5.92 Å². The van der Waals surface area contributed by atoms with Crippen LogP contribution < -0.4 is 5.32 Å². The summed E-state index contributed by atoms with van der Waals surface area (Å²) in [4.78, 5) is 57.8. The molecule has 0 atom stereocenters. The van der Waals surface area contributed by atoms with Crippen molar-refractivity contribution in [1.82, 2.24) is 14.8 Å². The van der Waals surface area contributed by atoms with E-state index in [0.717, 1.165) is 0 Å². The number of anilines is 1. The molecule has 0 spiro atoms. The molecule has 0 aliphatic carbocycles. The Morgan fingerprint density at radius 1 is 1.19 bits per heavy atom. The number of halogens is 2. The van der Waals surface area contributed by atoms with Gasteiger partial charge in [-0.1, -0.05) is 23.2 Å². The monoisotopic (exact) mass is 568 g/mol. The van der Waals surface area contributed by atoms with Crippen molar-refractivity contribution in [3.8, 4) is 0 Å². The number of esters is 1. The molecule has 1 N–H and O–H groups in total. The van der Waals surface area contributed by atoms with Gasteiger partial charge in [0.05, 0.1) is 34.7 Å². The molecule has 200 valence electrons. The van der Waals surface area contributed by atoms with Gasteiger partial charge in [-0.15, -0.1) is 11.3 Å². The van der Waals surface area contributed by atoms with Crippen molar-refractivity contribution >= 4 is 63.4 Å². The molecule has 1 aromatic heterocycles. The summed E-state index contributed by atoms with van der Waals surface area (Å²) in [7, 11) is 0. The van der Waals surface area contributed by atoms with Crippen LogP contribution in [0.25, 0.3) is 0 Å². The zero-order valence-electron chi connectivity index (χ0n) is 21.0. The number of nitrogens with one attached hydrogen (secondary N) is 1. The quantitative estimate of drug-likeness (QED) is 0.452. The van der Waals surface area contributed by atoms with E-state index in [9.17, 15) is 19.2 Å². The van der Waals surface area contributed by atoms with Gasteiger partial charge < -0.3 is 19.9 Å². The second-order valence-electron chi connectivity index (χ2n) is 8.93. The van der Waals surface area contributed by atoms with Crippen LogP contribution in [-0.4, -0.2) is 70.8 Å². The van der Waals surface area contributed by atoms with E-state index < -0.39 is 5.91 Å². The summed E-state index contributed by atoms with van der Waals surface area (Å²) >= 11 is 13.2. The average molecular weight is 570 g/mol. The Morgan fingerprint density at radius 2 is 1.89 bits per heavy atom. The third kappa shape index (κ3) is 7.90. The Bertz CT molecular complexity index is 1150. The molecule has 0 unspecified atom stereocenters. The van der Waals surface area contributed by atoms with Gasteiger partial charge in [0, 0.05) is 30.1 Å². The second-order valence-corrected chi connectivity index (χ2v) is 10.6. The highest BCUT2D eigenvalue weighted by Crippen LogP contribution is 2.24. The lowest BCUT2D eigenvalue weighted by atomic mass is 9.97. The zero-order valence-corrected chi connectivity index (χ0v) is 23.3. The number of nitrogens with zero attached hydrogens (tertiary/aromatic N) is 3. The molecule has 0 saturated carbocycles. The number of piperidine rings is 1. The topological polar surface area (TPSA) is 109 Å². The molecule has 2 heterocycles. The molecule has 0 bridgehead atoms. The van der Waals surface area contributed by atoms with E-state index in [2.05, 4.69) is 10.3 Å². The van der Waals surface area contributed by atoms with E-state index in [4.69, 9.17) is 27.9 Å². The molecule has 0 radical (unpaired) electrons. The van der Waals surface area contributed by atoms with Gasteiger partial charge in [0.1, 0.15) is 6.54 Å². The maximum absolute atomic E-state index is 13.0. The highest BCUT2D eigenvalue weighted by Gasteiger charge is 2.28. The zero-order chi connectivity index (χ0) is 27.1. The summed E-state index contributed by atoms with van der Waals surface area (Å²) in [5, 5.41) is 5.37. The minimum atomic E-state index is -0.407. The first-order valence-corrected chi connectivity index (χ1v) is 13.7. The molecule has 1 saturated heterocycles. The van der Waals surface area contributed by atoms with Crippen molar-refractivity contribution in [3.63, 3.8) is 0 Å². The number of ether oxygens (including phenoxy) is 1. The number of amides is 3. The predicted molar refractivity (Wildman–Crippen MR) is 143 cm³/mol. The van der Waals surface area contributed by atoms with Gasteiger partial charge in [-0.25, -0.2) is 4.98 Å². The molecule has 1 aromatic carbocycles. The molecular weight excluding hydrogens is 539 g/mol. The smallest absolute Gasteiger partial charge is 0.309 e. The number of hydrogen-bond donors (Lipinski definition) is 1. The van der Waals surface area contributed by atoms with Gasteiger partial charge in [-0.2, -0.15) is 0 Å². The summed E-state index contributed by atoms with van der Waals surface area (Å²) in [5.74, 6) is -1.21. The van der Waals surface area contributed by atoms with Crippen LogP contribution in [0.2, 0.25) is 10.0 Å². The number of likely N-dealkylation sites (tertiary alicyclic amines) is 1. The van der Waals surface area contributed by atoms with Crippen LogP contribution in [0.15, 0.2) is 23.6 Å². The first-order valence-electron chi connectivity index (χ1n) is 12.0. The summed E-state index contributed by atoms with van der Waals surface area (Å²) in [6.07, 6.45) is 1.26. The minimum absolute atomic E-state index is 0.0799. The van der Waals surface area contributed by atoms with Crippen LogP contribution in [0.1, 0.15) is 49.7 Å². The van der Waals surface area contributed by atoms with Gasteiger partial charge in [-0.05, 0) is 51.8 Å². The minimum Gasteiger partial charge on any atom is -0.466 e. The van der Waals surface area contributed by atoms with Crippen LogP contribution in [0.3, 0.4) is 0 Å². The predicted octanol–water partition coefficient (Wildman–Crippen LogP) is 4.28. The Labute approximate surface area is 230 Å². The van der Waals surface area contributed by atoms with E-state index >= 15 is 0 Å². The lowest BCUT2D eigenvalue weighted by Crippen LogP contribution is -2.42. The first kappa shape index (κ1) is 28.9. The van der Waals surface area contributed by atoms with E-state index in [1.54, 1.807) is 23.3 Å². The standard InChI is InChI=1S/C25H30Cl2N4O5S/c1-4-36-24(35)16-7-9-30(10-8-16)22(33)12-18-14-37-25(28-18)29-21(32)13-31(15(2)3)23(34)17-5-6-19(26)20(27)11-17/h5-6,11,14-16H,4,7-10,12-13H2,1-3H3,(H,28,29,32). The SMILES string of the molecule is CCOC(=O)C1CCN(C(=O)Cc2csc(NC(=O)CN(C(=O)c3ccc(Cl)c(Cl)c3)C(C)C)n2)CC1. The fourth-order valence-electron chi connectivity index (χ4n) is 3.93. The lowest BCUT2D eigenvalue weighted by Gasteiger charge is -2.30. The summed E-state index contributed by atoms with van der Waals surface area (Å²) in [6.45, 7) is 6.56. The van der Waals surface area contributed by atoms with Crippen LogP contribution in [0, 0.1) is 5.92 Å². The maximum Gasteiger partial charge on any atom is 0.309 e. The Kier molecular flexibility index (Phi) is 10.3.